The third kappa shape index (κ3) is 3.99. The largest absolute Gasteiger partial charge is 0.411 e. The fraction of sp³-hybridized carbons (Fsp3) is 0.130. The van der Waals surface area contributed by atoms with Gasteiger partial charge in [0.15, 0.2) is 0 Å². The van der Waals surface area contributed by atoms with Crippen molar-refractivity contribution >= 4 is 5.71 Å². The standard InChI is InChI=1S/C23H20N2O/c24-17-22(19-12-6-2-7-13-19)21(18-10-4-1-5-11-18)16-23(25-26)20-14-8-3-9-15-20/h1-15,21-22,26H,16H2/b25-23-/t21-,22+/m1/s1. The molecule has 0 saturated heterocycles. The predicted octanol–water partition coefficient (Wildman–Crippen LogP) is 5.35. The van der Waals surface area contributed by atoms with Crippen LogP contribution in [0.4, 0.5) is 0 Å². The highest BCUT2D eigenvalue weighted by molar-refractivity contribution is 6.00. The van der Waals surface area contributed by atoms with E-state index in [1.165, 1.54) is 0 Å². The number of hydrogen-bond acceptors (Lipinski definition) is 3. The molecule has 2 atom stereocenters. The van der Waals surface area contributed by atoms with Crippen LogP contribution >= 0.6 is 0 Å². The van der Waals surface area contributed by atoms with Crippen LogP contribution in [0.5, 0.6) is 0 Å². The smallest absolute Gasteiger partial charge is 0.0874 e. The first-order valence-corrected chi connectivity index (χ1v) is 8.59. The van der Waals surface area contributed by atoms with Gasteiger partial charge >= 0.3 is 0 Å². The lowest BCUT2D eigenvalue weighted by Gasteiger charge is -2.23. The van der Waals surface area contributed by atoms with Gasteiger partial charge in [0.1, 0.15) is 0 Å². The first kappa shape index (κ1) is 17.4. The molecule has 128 valence electrons. The molecule has 3 aromatic carbocycles. The van der Waals surface area contributed by atoms with Crippen molar-refractivity contribution in [2.75, 3.05) is 0 Å². The Morgan fingerprint density at radius 1 is 0.808 bits per heavy atom. The monoisotopic (exact) mass is 340 g/mol. The molecule has 3 rings (SSSR count). The third-order valence-electron chi connectivity index (χ3n) is 4.57. The van der Waals surface area contributed by atoms with Gasteiger partial charge in [0.05, 0.1) is 17.7 Å². The van der Waals surface area contributed by atoms with Gasteiger partial charge in [-0.15, -0.1) is 0 Å². The highest BCUT2D eigenvalue weighted by Crippen LogP contribution is 2.36. The summed E-state index contributed by atoms with van der Waals surface area (Å²) >= 11 is 0. The maximum atomic E-state index is 9.91. The maximum absolute atomic E-state index is 9.91. The molecule has 0 unspecified atom stereocenters. The van der Waals surface area contributed by atoms with Gasteiger partial charge in [-0.3, -0.25) is 0 Å². The number of oxime groups is 1. The number of hydrogen-bond donors (Lipinski definition) is 1. The number of benzene rings is 3. The first-order chi connectivity index (χ1) is 12.8. The van der Waals surface area contributed by atoms with Gasteiger partial charge in [0.25, 0.3) is 0 Å². The summed E-state index contributed by atoms with van der Waals surface area (Å²) in [6, 6.07) is 31.8. The molecule has 3 heteroatoms. The molecule has 26 heavy (non-hydrogen) atoms. The zero-order valence-corrected chi connectivity index (χ0v) is 14.4. The molecular weight excluding hydrogens is 320 g/mol. The third-order valence-corrected chi connectivity index (χ3v) is 4.57. The number of nitrogens with zero attached hydrogens (tertiary/aromatic N) is 2. The van der Waals surface area contributed by atoms with E-state index < -0.39 is 0 Å². The molecule has 0 bridgehead atoms. The summed E-state index contributed by atoms with van der Waals surface area (Å²) in [5, 5.41) is 23.1. The van der Waals surface area contributed by atoms with Crippen LogP contribution in [0.15, 0.2) is 96.2 Å². The molecule has 0 aliphatic rings. The van der Waals surface area contributed by atoms with Crippen LogP contribution in [-0.4, -0.2) is 10.9 Å². The second kappa shape index (κ2) is 8.64. The average molecular weight is 340 g/mol. The van der Waals surface area contributed by atoms with E-state index >= 15 is 0 Å². The lowest BCUT2D eigenvalue weighted by molar-refractivity contribution is 0.317. The average Bonchev–Trinajstić information content (AvgIpc) is 2.73. The lowest BCUT2D eigenvalue weighted by atomic mass is 9.78. The molecule has 3 aromatic rings. The Balaban J connectivity index is 2.00. The molecule has 0 radical (unpaired) electrons. The van der Waals surface area contributed by atoms with Crippen molar-refractivity contribution in [3.63, 3.8) is 0 Å². The Bertz CT molecular complexity index is 884. The minimum absolute atomic E-state index is 0.116. The van der Waals surface area contributed by atoms with Crippen molar-refractivity contribution in [1.29, 1.82) is 5.26 Å². The highest BCUT2D eigenvalue weighted by atomic mass is 16.4. The van der Waals surface area contributed by atoms with Crippen LogP contribution in [0.2, 0.25) is 0 Å². The highest BCUT2D eigenvalue weighted by Gasteiger charge is 2.27. The first-order valence-electron chi connectivity index (χ1n) is 8.59. The summed E-state index contributed by atoms with van der Waals surface area (Å²) in [6.45, 7) is 0. The van der Waals surface area contributed by atoms with Gasteiger partial charge in [-0.25, -0.2) is 0 Å². The zero-order valence-electron chi connectivity index (χ0n) is 14.4. The maximum Gasteiger partial charge on any atom is 0.0874 e. The van der Waals surface area contributed by atoms with Crippen LogP contribution < -0.4 is 0 Å². The molecule has 0 aliphatic carbocycles. The van der Waals surface area contributed by atoms with Crippen molar-refractivity contribution in [3.8, 4) is 6.07 Å². The van der Waals surface area contributed by atoms with E-state index in [4.69, 9.17) is 0 Å². The molecule has 0 spiro atoms. The molecule has 0 aromatic heterocycles. The van der Waals surface area contributed by atoms with E-state index in [0.717, 1.165) is 16.7 Å². The molecule has 0 fully saturated rings. The van der Waals surface area contributed by atoms with Crippen LogP contribution in [0.25, 0.3) is 0 Å². The zero-order chi connectivity index (χ0) is 18.2. The lowest BCUT2D eigenvalue weighted by Crippen LogP contribution is -2.15. The van der Waals surface area contributed by atoms with Gasteiger partial charge in [0, 0.05) is 12.3 Å². The number of nitriles is 1. The van der Waals surface area contributed by atoms with Crippen molar-refractivity contribution in [3.05, 3.63) is 108 Å². The Morgan fingerprint density at radius 3 is 1.81 bits per heavy atom. The van der Waals surface area contributed by atoms with E-state index in [1.807, 2.05) is 91.0 Å². The van der Waals surface area contributed by atoms with E-state index in [-0.39, 0.29) is 11.8 Å². The minimum atomic E-state index is -0.334. The van der Waals surface area contributed by atoms with Crippen LogP contribution in [0, 0.1) is 11.3 Å². The van der Waals surface area contributed by atoms with E-state index in [1.54, 1.807) is 0 Å². The summed E-state index contributed by atoms with van der Waals surface area (Å²) in [4.78, 5) is 0. The van der Waals surface area contributed by atoms with Crippen molar-refractivity contribution < 1.29 is 5.21 Å². The van der Waals surface area contributed by atoms with Crippen LogP contribution in [0.3, 0.4) is 0 Å². The van der Waals surface area contributed by atoms with E-state index in [2.05, 4.69) is 11.2 Å². The van der Waals surface area contributed by atoms with Gasteiger partial charge in [-0.05, 0) is 16.7 Å². The summed E-state index contributed by atoms with van der Waals surface area (Å²) in [5.41, 5.74) is 3.46. The van der Waals surface area contributed by atoms with E-state index in [9.17, 15) is 10.5 Å². The van der Waals surface area contributed by atoms with Gasteiger partial charge in [0.2, 0.25) is 0 Å². The van der Waals surface area contributed by atoms with E-state index in [0.29, 0.717) is 12.1 Å². The molecule has 0 aliphatic heterocycles. The van der Waals surface area contributed by atoms with Gasteiger partial charge in [-0.1, -0.05) is 96.2 Å². The molecular formula is C23H20N2O. The molecule has 1 N–H and O–H groups in total. The Morgan fingerprint density at radius 2 is 1.31 bits per heavy atom. The SMILES string of the molecule is N#C[C@@H](c1ccccc1)[C@H](C/C(=N/O)c1ccccc1)c1ccccc1. The van der Waals surface area contributed by atoms with Gasteiger partial charge in [-0.2, -0.15) is 5.26 Å². The fourth-order valence-electron chi connectivity index (χ4n) is 3.24. The number of rotatable bonds is 6. The minimum Gasteiger partial charge on any atom is -0.411 e. The fourth-order valence-corrected chi connectivity index (χ4v) is 3.24. The van der Waals surface area contributed by atoms with Crippen LogP contribution in [0.1, 0.15) is 34.9 Å². The predicted molar refractivity (Wildman–Crippen MR) is 103 cm³/mol. The Labute approximate surface area is 153 Å². The summed E-state index contributed by atoms with van der Waals surface area (Å²) < 4.78 is 0. The second-order valence-corrected chi connectivity index (χ2v) is 6.15. The Hall–Kier alpha value is -3.38. The van der Waals surface area contributed by atoms with Crippen molar-refractivity contribution in [2.45, 2.75) is 18.3 Å². The van der Waals surface area contributed by atoms with Crippen molar-refractivity contribution in [1.82, 2.24) is 0 Å². The molecule has 0 saturated carbocycles. The summed E-state index contributed by atoms with van der Waals surface area (Å²) in [5.74, 6) is -0.450. The summed E-state index contributed by atoms with van der Waals surface area (Å²) in [6.07, 6.45) is 0.470. The molecule has 3 nitrogen and oxygen atoms in total. The Kier molecular flexibility index (Phi) is 5.80. The molecule has 0 heterocycles. The quantitative estimate of drug-likeness (QED) is 0.374. The molecule has 0 amide bonds. The normalized spacial score (nSPS) is 13.6. The summed E-state index contributed by atoms with van der Waals surface area (Å²) in [7, 11) is 0. The van der Waals surface area contributed by atoms with Crippen molar-refractivity contribution in [2.24, 2.45) is 5.16 Å². The second-order valence-electron chi connectivity index (χ2n) is 6.15. The topological polar surface area (TPSA) is 56.4 Å². The van der Waals surface area contributed by atoms with Gasteiger partial charge < -0.3 is 5.21 Å². The van der Waals surface area contributed by atoms with Crippen LogP contribution in [-0.2, 0) is 0 Å².